The van der Waals surface area contributed by atoms with Crippen LogP contribution in [0.15, 0.2) is 4.79 Å². The number of amides is 1. The molecule has 22 heavy (non-hydrogen) atoms. The number of carbonyl (C=O) groups excluding carboxylic acids is 1. The number of nitrogens with one attached hydrogen (secondary N) is 2. The summed E-state index contributed by atoms with van der Waals surface area (Å²) in [6, 6.07) is 0. The lowest BCUT2D eigenvalue weighted by Gasteiger charge is -2.28. The lowest BCUT2D eigenvalue weighted by atomic mass is 9.94. The molecule has 0 unspecified atom stereocenters. The van der Waals surface area contributed by atoms with Crippen molar-refractivity contribution in [2.45, 2.75) is 59.1 Å². The summed E-state index contributed by atoms with van der Waals surface area (Å²) in [6.07, 6.45) is 3.16. The van der Waals surface area contributed by atoms with Crippen LogP contribution in [0.3, 0.4) is 0 Å². The molecule has 122 valence electrons. The molecule has 2 heterocycles. The number of H-pyrrole nitrogens is 1. The highest BCUT2D eigenvalue weighted by Crippen LogP contribution is 2.20. The van der Waals surface area contributed by atoms with Gasteiger partial charge in [-0.1, -0.05) is 13.8 Å². The van der Waals surface area contributed by atoms with Crippen molar-refractivity contribution in [3.8, 4) is 0 Å². The lowest BCUT2D eigenvalue weighted by molar-refractivity contribution is -0.133. The quantitative estimate of drug-likeness (QED) is 0.859. The first-order valence-electron chi connectivity index (χ1n) is 8.07. The number of ether oxygens (including phenoxy) is 1. The number of aryl methyl sites for hydroxylation is 1. The van der Waals surface area contributed by atoms with Crippen molar-refractivity contribution in [3.63, 3.8) is 0 Å². The third-order valence-electron chi connectivity index (χ3n) is 4.35. The smallest absolute Gasteiger partial charge is 0.269 e. The molecule has 6 nitrogen and oxygen atoms in total. The van der Waals surface area contributed by atoms with Gasteiger partial charge in [-0.3, -0.25) is 9.59 Å². The van der Waals surface area contributed by atoms with Crippen LogP contribution in [0.25, 0.3) is 0 Å². The molecular weight excluding hydrogens is 282 g/mol. The summed E-state index contributed by atoms with van der Waals surface area (Å²) in [6.45, 7) is 6.89. The molecule has 6 heteroatoms. The second kappa shape index (κ2) is 7.54. The molecule has 0 bridgehead atoms. The van der Waals surface area contributed by atoms with Gasteiger partial charge in [-0.05, 0) is 38.2 Å². The zero-order chi connectivity index (χ0) is 16.1. The summed E-state index contributed by atoms with van der Waals surface area (Å²) in [5.74, 6) is -0.172. The Morgan fingerprint density at radius 3 is 2.77 bits per heavy atom. The number of aromatic nitrogens is 2. The summed E-state index contributed by atoms with van der Waals surface area (Å²) in [4.78, 5) is 24.4. The van der Waals surface area contributed by atoms with E-state index in [0.29, 0.717) is 5.56 Å². The summed E-state index contributed by atoms with van der Waals surface area (Å²) >= 11 is 0. The third-order valence-corrected chi connectivity index (χ3v) is 4.35. The molecule has 0 radical (unpaired) electrons. The minimum Gasteiger partial charge on any atom is -0.378 e. The van der Waals surface area contributed by atoms with Crippen molar-refractivity contribution < 1.29 is 9.53 Å². The van der Waals surface area contributed by atoms with E-state index in [4.69, 9.17) is 4.74 Å². The second-order valence-electron chi connectivity index (χ2n) is 5.71. The maximum absolute atomic E-state index is 12.3. The van der Waals surface area contributed by atoms with E-state index < -0.39 is 0 Å². The van der Waals surface area contributed by atoms with Crippen molar-refractivity contribution in [3.05, 3.63) is 27.2 Å². The minimum atomic E-state index is -0.220. The first kappa shape index (κ1) is 16.7. The fourth-order valence-electron chi connectivity index (χ4n) is 3.04. The molecule has 1 fully saturated rings. The summed E-state index contributed by atoms with van der Waals surface area (Å²) in [7, 11) is 0. The van der Waals surface area contributed by atoms with Crippen molar-refractivity contribution in [1.29, 1.82) is 0 Å². The van der Waals surface area contributed by atoms with E-state index in [1.54, 1.807) is 0 Å². The Morgan fingerprint density at radius 1 is 1.36 bits per heavy atom. The Bertz CT molecular complexity index is 582. The highest BCUT2D eigenvalue weighted by molar-refractivity contribution is 5.79. The van der Waals surface area contributed by atoms with E-state index in [1.165, 1.54) is 0 Å². The number of hydrogen-bond donors (Lipinski definition) is 2. The van der Waals surface area contributed by atoms with Crippen LogP contribution in [0, 0.1) is 5.92 Å². The van der Waals surface area contributed by atoms with Gasteiger partial charge in [0.05, 0.1) is 17.7 Å². The predicted octanol–water partition coefficient (Wildman–Crippen LogP) is 1.33. The summed E-state index contributed by atoms with van der Waals surface area (Å²) in [5, 5.41) is 9.51. The molecule has 2 atom stereocenters. The molecule has 1 amide bonds. The largest absolute Gasteiger partial charge is 0.378 e. The van der Waals surface area contributed by atoms with E-state index in [2.05, 4.69) is 15.5 Å². The van der Waals surface area contributed by atoms with Gasteiger partial charge in [-0.15, -0.1) is 0 Å². The average Bonchev–Trinajstić information content (AvgIpc) is 2.53. The number of nitrogens with zero attached hydrogens (tertiary/aromatic N) is 1. The zero-order valence-electron chi connectivity index (χ0n) is 13.6. The monoisotopic (exact) mass is 307 g/mol. The zero-order valence-corrected chi connectivity index (χ0v) is 13.6. The molecule has 0 spiro atoms. The number of rotatable bonds is 5. The van der Waals surface area contributed by atoms with Gasteiger partial charge in [0.1, 0.15) is 0 Å². The average molecular weight is 307 g/mol. The Kier molecular flexibility index (Phi) is 5.71. The summed E-state index contributed by atoms with van der Waals surface area (Å²) < 4.78 is 5.53. The topological polar surface area (TPSA) is 84.1 Å². The van der Waals surface area contributed by atoms with E-state index in [1.807, 2.05) is 20.8 Å². The lowest BCUT2D eigenvalue weighted by Crippen LogP contribution is -2.40. The first-order chi connectivity index (χ1) is 10.6. The fraction of sp³-hybridized carbons (Fsp3) is 0.688. The normalized spacial score (nSPS) is 21.6. The van der Waals surface area contributed by atoms with Crippen LogP contribution in [-0.4, -0.2) is 28.8 Å². The van der Waals surface area contributed by atoms with Gasteiger partial charge < -0.3 is 10.1 Å². The number of aromatic amines is 1. The predicted molar refractivity (Wildman–Crippen MR) is 83.6 cm³/mol. The van der Waals surface area contributed by atoms with Crippen molar-refractivity contribution in [1.82, 2.24) is 15.5 Å². The first-order valence-corrected chi connectivity index (χ1v) is 8.07. The molecule has 1 aliphatic heterocycles. The Labute approximate surface area is 130 Å². The van der Waals surface area contributed by atoms with Crippen molar-refractivity contribution >= 4 is 5.91 Å². The maximum atomic E-state index is 12.3. The highest BCUT2D eigenvalue weighted by Gasteiger charge is 2.28. The molecular formula is C16H25N3O3. The molecule has 2 N–H and O–H groups in total. The molecule has 0 aromatic carbocycles. The van der Waals surface area contributed by atoms with Crippen molar-refractivity contribution in [2.24, 2.45) is 5.92 Å². The molecule has 0 aliphatic carbocycles. The second-order valence-corrected chi connectivity index (χ2v) is 5.71. The molecule has 1 aromatic rings. The van der Waals surface area contributed by atoms with E-state index in [-0.39, 0.29) is 30.0 Å². The molecule has 1 aromatic heterocycles. The Morgan fingerprint density at radius 2 is 2.14 bits per heavy atom. The molecule has 0 saturated carbocycles. The van der Waals surface area contributed by atoms with Crippen LogP contribution < -0.4 is 10.9 Å². The fourth-order valence-corrected chi connectivity index (χ4v) is 3.04. The Hall–Kier alpha value is -1.69. The van der Waals surface area contributed by atoms with Gasteiger partial charge in [0, 0.05) is 18.7 Å². The van der Waals surface area contributed by atoms with Crippen LogP contribution in [0.4, 0.5) is 0 Å². The van der Waals surface area contributed by atoms with Gasteiger partial charge in [-0.25, -0.2) is 5.10 Å². The van der Waals surface area contributed by atoms with Crippen LogP contribution >= 0.6 is 0 Å². The van der Waals surface area contributed by atoms with Crippen LogP contribution in [0.5, 0.6) is 0 Å². The van der Waals surface area contributed by atoms with E-state index in [9.17, 15) is 9.59 Å². The molecule has 1 aliphatic rings. The number of carbonyl (C=O) groups is 1. The van der Waals surface area contributed by atoms with Gasteiger partial charge in [-0.2, -0.15) is 5.10 Å². The van der Waals surface area contributed by atoms with Gasteiger partial charge >= 0.3 is 0 Å². The van der Waals surface area contributed by atoms with Crippen molar-refractivity contribution in [2.75, 3.05) is 6.61 Å². The van der Waals surface area contributed by atoms with Crippen LogP contribution in [-0.2, 0) is 28.9 Å². The Balaban J connectivity index is 2.11. The number of hydrogen-bond acceptors (Lipinski definition) is 4. The van der Waals surface area contributed by atoms with Gasteiger partial charge in [0.2, 0.25) is 5.91 Å². The van der Waals surface area contributed by atoms with Gasteiger partial charge in [0.25, 0.3) is 5.56 Å². The van der Waals surface area contributed by atoms with Gasteiger partial charge in [0.15, 0.2) is 0 Å². The highest BCUT2D eigenvalue weighted by atomic mass is 16.5. The summed E-state index contributed by atoms with van der Waals surface area (Å²) in [5.41, 5.74) is 2.23. The third kappa shape index (κ3) is 3.55. The van der Waals surface area contributed by atoms with Crippen LogP contribution in [0.2, 0.25) is 0 Å². The SMILES string of the molecule is CCc1n[nH]c(=O)c(CNC(=O)[C@H]2CCCO[C@@H]2C)c1CC. The van der Waals surface area contributed by atoms with E-state index in [0.717, 1.165) is 43.5 Å². The van der Waals surface area contributed by atoms with Crippen LogP contribution in [0.1, 0.15) is 50.4 Å². The molecule has 1 saturated heterocycles. The standard InChI is InChI=1S/C16H25N3O3/c1-4-11-13(16(21)19-18-14(11)5-2)9-17-15(20)12-7-6-8-22-10(12)3/h10,12H,4-9H2,1-3H3,(H,17,20)(H,19,21)/t10-,12+/m1/s1. The molecule has 2 rings (SSSR count). The van der Waals surface area contributed by atoms with E-state index >= 15 is 0 Å². The maximum Gasteiger partial charge on any atom is 0.269 e. The minimum absolute atomic E-state index is 0.0384.